The van der Waals surface area contributed by atoms with Gasteiger partial charge in [-0.3, -0.25) is 9.69 Å². The summed E-state index contributed by atoms with van der Waals surface area (Å²) >= 11 is 0. The van der Waals surface area contributed by atoms with Gasteiger partial charge in [0, 0.05) is 24.7 Å². The number of carboxylic acids is 1. The van der Waals surface area contributed by atoms with Gasteiger partial charge >= 0.3 is 5.97 Å². The van der Waals surface area contributed by atoms with Crippen molar-refractivity contribution in [3.05, 3.63) is 23.8 Å². The van der Waals surface area contributed by atoms with Crippen molar-refractivity contribution in [1.29, 1.82) is 0 Å². The molecular formula is C15H21NO4. The third kappa shape index (κ3) is 2.72. The van der Waals surface area contributed by atoms with E-state index in [0.29, 0.717) is 12.3 Å². The van der Waals surface area contributed by atoms with Crippen molar-refractivity contribution >= 4 is 5.97 Å². The molecule has 0 amide bonds. The van der Waals surface area contributed by atoms with Gasteiger partial charge in [0.05, 0.1) is 13.0 Å². The van der Waals surface area contributed by atoms with Crippen molar-refractivity contribution in [2.45, 2.75) is 19.9 Å². The van der Waals surface area contributed by atoms with Crippen LogP contribution in [0.1, 0.15) is 25.5 Å². The van der Waals surface area contributed by atoms with Crippen molar-refractivity contribution in [3.8, 4) is 11.5 Å². The number of carbonyl (C=O) groups is 1. The molecule has 0 spiro atoms. The summed E-state index contributed by atoms with van der Waals surface area (Å²) in [6, 6.07) is 5.08. The lowest BCUT2D eigenvalue weighted by atomic mass is 9.99. The number of benzene rings is 1. The summed E-state index contributed by atoms with van der Waals surface area (Å²) < 4.78 is 5.18. The van der Waals surface area contributed by atoms with Crippen LogP contribution in [0.2, 0.25) is 0 Å². The summed E-state index contributed by atoms with van der Waals surface area (Å²) in [5.74, 6) is -0.0774. The second-order valence-corrected chi connectivity index (χ2v) is 5.48. The molecule has 5 nitrogen and oxygen atoms in total. The first-order valence-electron chi connectivity index (χ1n) is 6.77. The molecule has 1 fully saturated rings. The SMILES string of the molecule is COc1ccc(O)c(C(C)N2CC(C)C(C(=O)O)C2)c1. The van der Waals surface area contributed by atoms with Gasteiger partial charge in [0.25, 0.3) is 0 Å². The van der Waals surface area contributed by atoms with E-state index >= 15 is 0 Å². The zero-order valence-electron chi connectivity index (χ0n) is 12.0. The Morgan fingerprint density at radius 2 is 2.15 bits per heavy atom. The van der Waals surface area contributed by atoms with Gasteiger partial charge in [-0.25, -0.2) is 0 Å². The fraction of sp³-hybridized carbons (Fsp3) is 0.533. The Kier molecular flexibility index (Phi) is 4.18. The summed E-state index contributed by atoms with van der Waals surface area (Å²) in [7, 11) is 1.58. The maximum absolute atomic E-state index is 11.2. The van der Waals surface area contributed by atoms with E-state index in [9.17, 15) is 15.0 Å². The van der Waals surface area contributed by atoms with Crippen molar-refractivity contribution in [1.82, 2.24) is 4.90 Å². The zero-order valence-corrected chi connectivity index (χ0v) is 12.0. The van der Waals surface area contributed by atoms with Crippen LogP contribution in [0.15, 0.2) is 18.2 Å². The lowest BCUT2D eigenvalue weighted by molar-refractivity contribution is -0.142. The Morgan fingerprint density at radius 3 is 2.70 bits per heavy atom. The van der Waals surface area contributed by atoms with Gasteiger partial charge in [-0.05, 0) is 31.0 Å². The maximum atomic E-state index is 11.2. The highest BCUT2D eigenvalue weighted by atomic mass is 16.5. The van der Waals surface area contributed by atoms with E-state index in [0.717, 1.165) is 12.1 Å². The van der Waals surface area contributed by atoms with E-state index in [1.807, 2.05) is 13.8 Å². The smallest absolute Gasteiger partial charge is 0.308 e. The van der Waals surface area contributed by atoms with Gasteiger partial charge in [-0.15, -0.1) is 0 Å². The van der Waals surface area contributed by atoms with Crippen molar-refractivity contribution in [2.24, 2.45) is 11.8 Å². The summed E-state index contributed by atoms with van der Waals surface area (Å²) in [6.07, 6.45) is 0. The molecule has 20 heavy (non-hydrogen) atoms. The Hall–Kier alpha value is -1.75. The summed E-state index contributed by atoms with van der Waals surface area (Å²) in [4.78, 5) is 13.3. The number of hydrogen-bond donors (Lipinski definition) is 2. The first-order valence-corrected chi connectivity index (χ1v) is 6.77. The monoisotopic (exact) mass is 279 g/mol. The van der Waals surface area contributed by atoms with Gasteiger partial charge in [0.15, 0.2) is 0 Å². The topological polar surface area (TPSA) is 70.0 Å². The van der Waals surface area contributed by atoms with Crippen LogP contribution in [-0.2, 0) is 4.79 Å². The van der Waals surface area contributed by atoms with Crippen LogP contribution in [0.25, 0.3) is 0 Å². The zero-order chi connectivity index (χ0) is 14.9. The van der Waals surface area contributed by atoms with Gasteiger partial charge in [-0.2, -0.15) is 0 Å². The average Bonchev–Trinajstić information content (AvgIpc) is 2.81. The predicted molar refractivity (Wildman–Crippen MR) is 74.9 cm³/mol. The minimum Gasteiger partial charge on any atom is -0.508 e. The summed E-state index contributed by atoms with van der Waals surface area (Å²) in [5.41, 5.74) is 0.766. The molecule has 2 N–H and O–H groups in total. The van der Waals surface area contributed by atoms with Crippen LogP contribution in [0.5, 0.6) is 11.5 Å². The fourth-order valence-corrected chi connectivity index (χ4v) is 2.83. The highest BCUT2D eigenvalue weighted by Gasteiger charge is 2.37. The molecule has 1 aliphatic rings. The van der Waals surface area contributed by atoms with E-state index < -0.39 is 5.97 Å². The molecule has 110 valence electrons. The lowest BCUT2D eigenvalue weighted by Crippen LogP contribution is -2.26. The number of nitrogens with zero attached hydrogens (tertiary/aromatic N) is 1. The lowest BCUT2D eigenvalue weighted by Gasteiger charge is -2.25. The van der Waals surface area contributed by atoms with E-state index in [-0.39, 0.29) is 23.6 Å². The number of ether oxygens (including phenoxy) is 1. The number of carboxylic acid groups (broad SMARTS) is 1. The van der Waals surface area contributed by atoms with Crippen molar-refractivity contribution < 1.29 is 19.7 Å². The van der Waals surface area contributed by atoms with Crippen LogP contribution in [0.4, 0.5) is 0 Å². The molecule has 0 radical (unpaired) electrons. The Bertz CT molecular complexity index is 503. The molecule has 0 bridgehead atoms. The number of phenolic OH excluding ortho intramolecular Hbond substituents is 1. The van der Waals surface area contributed by atoms with Gasteiger partial charge in [-0.1, -0.05) is 6.92 Å². The van der Waals surface area contributed by atoms with Gasteiger partial charge in [0.2, 0.25) is 0 Å². The van der Waals surface area contributed by atoms with Crippen LogP contribution in [-0.4, -0.2) is 41.3 Å². The molecule has 5 heteroatoms. The number of aromatic hydroxyl groups is 1. The molecule has 1 aromatic carbocycles. The third-order valence-electron chi connectivity index (χ3n) is 4.19. The molecule has 2 rings (SSSR count). The second kappa shape index (κ2) is 5.71. The average molecular weight is 279 g/mol. The predicted octanol–water partition coefficient (Wildman–Crippen LogP) is 2.11. The van der Waals surface area contributed by atoms with Crippen molar-refractivity contribution in [3.63, 3.8) is 0 Å². The quantitative estimate of drug-likeness (QED) is 0.883. The van der Waals surface area contributed by atoms with E-state index in [2.05, 4.69) is 4.90 Å². The van der Waals surface area contributed by atoms with E-state index in [4.69, 9.17) is 4.74 Å². The number of likely N-dealkylation sites (tertiary alicyclic amines) is 1. The first kappa shape index (κ1) is 14.7. The van der Waals surface area contributed by atoms with Gasteiger partial charge in [0.1, 0.15) is 11.5 Å². The molecule has 0 saturated carbocycles. The number of methoxy groups -OCH3 is 1. The highest BCUT2D eigenvalue weighted by Crippen LogP contribution is 2.36. The standard InChI is InChI=1S/C15H21NO4/c1-9-7-16(8-13(9)15(18)19)10(2)12-6-11(20-3)4-5-14(12)17/h4-6,9-10,13,17H,7-8H2,1-3H3,(H,18,19). The normalized spacial score (nSPS) is 24.6. The minimum atomic E-state index is -0.748. The molecule has 3 unspecified atom stereocenters. The van der Waals surface area contributed by atoms with Crippen LogP contribution >= 0.6 is 0 Å². The highest BCUT2D eigenvalue weighted by molar-refractivity contribution is 5.71. The molecule has 1 saturated heterocycles. The largest absolute Gasteiger partial charge is 0.508 e. The fourth-order valence-electron chi connectivity index (χ4n) is 2.83. The Labute approximate surface area is 118 Å². The second-order valence-electron chi connectivity index (χ2n) is 5.48. The number of rotatable bonds is 4. The summed E-state index contributed by atoms with van der Waals surface area (Å²) in [5, 5.41) is 19.2. The number of phenols is 1. The Balaban J connectivity index is 2.20. The van der Waals surface area contributed by atoms with Crippen LogP contribution < -0.4 is 4.74 Å². The third-order valence-corrected chi connectivity index (χ3v) is 4.19. The van der Waals surface area contributed by atoms with E-state index in [1.54, 1.807) is 25.3 Å². The molecule has 0 aliphatic carbocycles. The summed E-state index contributed by atoms with van der Waals surface area (Å²) in [6.45, 7) is 5.16. The van der Waals surface area contributed by atoms with Crippen LogP contribution in [0, 0.1) is 11.8 Å². The minimum absolute atomic E-state index is 0.0445. The van der Waals surface area contributed by atoms with Crippen molar-refractivity contribution in [2.75, 3.05) is 20.2 Å². The Morgan fingerprint density at radius 1 is 1.45 bits per heavy atom. The first-order chi connectivity index (χ1) is 9.43. The van der Waals surface area contributed by atoms with Crippen LogP contribution in [0.3, 0.4) is 0 Å². The maximum Gasteiger partial charge on any atom is 0.308 e. The number of aliphatic carboxylic acids is 1. The molecule has 1 aromatic rings. The van der Waals surface area contributed by atoms with E-state index in [1.165, 1.54) is 0 Å². The molecular weight excluding hydrogens is 258 g/mol. The molecule has 1 aliphatic heterocycles. The number of hydrogen-bond acceptors (Lipinski definition) is 4. The van der Waals surface area contributed by atoms with Gasteiger partial charge < -0.3 is 14.9 Å². The molecule has 3 atom stereocenters. The molecule has 0 aromatic heterocycles. The molecule has 1 heterocycles.